The van der Waals surface area contributed by atoms with E-state index in [2.05, 4.69) is 60.4 Å². The minimum atomic E-state index is -0.198. The molecule has 136 valence electrons. The highest BCUT2D eigenvalue weighted by Gasteiger charge is 2.33. The van der Waals surface area contributed by atoms with Crippen molar-refractivity contribution in [3.63, 3.8) is 0 Å². The topological polar surface area (TPSA) is 45.7 Å². The summed E-state index contributed by atoms with van der Waals surface area (Å²) in [5.74, 6) is 1.81. The Balaban J connectivity index is 0.00000225. The monoisotopic (exact) mass is 471 g/mol. The highest BCUT2D eigenvalue weighted by atomic mass is 127. The molecular weight excluding hydrogens is 445 g/mol. The first kappa shape index (κ1) is 20.0. The average Bonchev–Trinajstić information content (AvgIpc) is 3.05. The molecule has 0 saturated carbocycles. The van der Waals surface area contributed by atoms with Gasteiger partial charge in [-0.25, -0.2) is 4.99 Å². The summed E-state index contributed by atoms with van der Waals surface area (Å²) < 4.78 is 6.11. The molecule has 1 aliphatic heterocycles. The number of nitrogens with zero attached hydrogens (tertiary/aromatic N) is 1. The number of para-hydroxylation sites is 1. The minimum Gasteiger partial charge on any atom is -0.487 e. The summed E-state index contributed by atoms with van der Waals surface area (Å²) in [6.45, 7) is 7.88. The fourth-order valence-corrected chi connectivity index (χ4v) is 3.63. The SMILES string of the molecule is CCNC(=NCc1ccsc1)NC1CC(C)(C)Oc2ccccc21.I. The molecule has 0 saturated heterocycles. The van der Waals surface area contributed by atoms with Crippen LogP contribution in [0.15, 0.2) is 46.1 Å². The van der Waals surface area contributed by atoms with Gasteiger partial charge in [-0.15, -0.1) is 24.0 Å². The third-order valence-corrected chi connectivity index (χ3v) is 4.76. The Kier molecular flexibility index (Phi) is 7.13. The van der Waals surface area contributed by atoms with Crippen molar-refractivity contribution in [3.05, 3.63) is 52.2 Å². The molecule has 6 heteroatoms. The number of hydrogen-bond donors (Lipinski definition) is 2. The van der Waals surface area contributed by atoms with Crippen molar-refractivity contribution in [2.75, 3.05) is 6.54 Å². The van der Waals surface area contributed by atoms with Gasteiger partial charge in [0.05, 0.1) is 12.6 Å². The maximum absolute atomic E-state index is 6.11. The predicted molar refractivity (Wildman–Crippen MR) is 116 cm³/mol. The number of fused-ring (bicyclic) bond motifs is 1. The van der Waals surface area contributed by atoms with Gasteiger partial charge in [-0.1, -0.05) is 18.2 Å². The predicted octanol–water partition coefficient (Wildman–Crippen LogP) is 4.72. The van der Waals surface area contributed by atoms with Crippen LogP contribution in [0.4, 0.5) is 0 Å². The molecular formula is C19H26IN3OS. The molecule has 2 N–H and O–H groups in total. The van der Waals surface area contributed by atoms with Gasteiger partial charge >= 0.3 is 0 Å². The van der Waals surface area contributed by atoms with E-state index >= 15 is 0 Å². The van der Waals surface area contributed by atoms with Crippen LogP contribution in [0.25, 0.3) is 0 Å². The van der Waals surface area contributed by atoms with Crippen molar-refractivity contribution in [3.8, 4) is 5.75 Å². The highest BCUT2D eigenvalue weighted by Crippen LogP contribution is 2.39. The number of halogens is 1. The third kappa shape index (κ3) is 5.34. The van der Waals surface area contributed by atoms with Gasteiger partial charge in [-0.3, -0.25) is 0 Å². The van der Waals surface area contributed by atoms with E-state index in [1.54, 1.807) is 11.3 Å². The largest absolute Gasteiger partial charge is 0.487 e. The normalized spacial score (nSPS) is 18.5. The van der Waals surface area contributed by atoms with E-state index in [9.17, 15) is 0 Å². The molecule has 1 atom stereocenters. The maximum atomic E-state index is 6.11. The second-order valence-corrected chi connectivity index (χ2v) is 7.41. The zero-order valence-electron chi connectivity index (χ0n) is 14.9. The van der Waals surface area contributed by atoms with Crippen LogP contribution in [0.5, 0.6) is 5.75 Å². The molecule has 1 aliphatic rings. The molecule has 25 heavy (non-hydrogen) atoms. The number of thiophene rings is 1. The molecule has 4 nitrogen and oxygen atoms in total. The van der Waals surface area contributed by atoms with E-state index in [-0.39, 0.29) is 35.6 Å². The molecule has 0 amide bonds. The van der Waals surface area contributed by atoms with Crippen LogP contribution in [-0.2, 0) is 6.54 Å². The van der Waals surface area contributed by atoms with Crippen LogP contribution < -0.4 is 15.4 Å². The van der Waals surface area contributed by atoms with Gasteiger partial charge in [0.2, 0.25) is 0 Å². The van der Waals surface area contributed by atoms with Crippen LogP contribution in [0, 0.1) is 0 Å². The van der Waals surface area contributed by atoms with Crippen molar-refractivity contribution in [2.24, 2.45) is 4.99 Å². The zero-order chi connectivity index (χ0) is 17.0. The first-order chi connectivity index (χ1) is 11.6. The number of rotatable bonds is 4. The summed E-state index contributed by atoms with van der Waals surface area (Å²) in [5.41, 5.74) is 2.24. The Morgan fingerprint density at radius 3 is 2.84 bits per heavy atom. The molecule has 2 heterocycles. The lowest BCUT2D eigenvalue weighted by molar-refractivity contribution is 0.0694. The third-order valence-electron chi connectivity index (χ3n) is 4.03. The summed E-state index contributed by atoms with van der Waals surface area (Å²) >= 11 is 1.70. The van der Waals surface area contributed by atoms with Gasteiger partial charge in [-0.2, -0.15) is 11.3 Å². The second-order valence-electron chi connectivity index (χ2n) is 6.63. The second kappa shape index (κ2) is 8.89. The van der Waals surface area contributed by atoms with E-state index in [1.807, 2.05) is 12.1 Å². The van der Waals surface area contributed by atoms with Crippen LogP contribution in [0.1, 0.15) is 44.4 Å². The van der Waals surface area contributed by atoms with Crippen LogP contribution in [0.3, 0.4) is 0 Å². The van der Waals surface area contributed by atoms with Crippen molar-refractivity contribution >= 4 is 41.3 Å². The zero-order valence-corrected chi connectivity index (χ0v) is 18.1. The summed E-state index contributed by atoms with van der Waals surface area (Å²) in [7, 11) is 0. The fourth-order valence-electron chi connectivity index (χ4n) is 2.97. The van der Waals surface area contributed by atoms with Crippen LogP contribution >= 0.6 is 35.3 Å². The number of ether oxygens (including phenoxy) is 1. The molecule has 1 unspecified atom stereocenters. The Morgan fingerprint density at radius 2 is 2.12 bits per heavy atom. The molecule has 2 aromatic rings. The Hall–Kier alpha value is -1.28. The summed E-state index contributed by atoms with van der Waals surface area (Å²) in [5, 5.41) is 11.2. The summed E-state index contributed by atoms with van der Waals surface area (Å²) in [4.78, 5) is 4.73. The quantitative estimate of drug-likeness (QED) is 0.385. The van der Waals surface area contributed by atoms with E-state index in [0.717, 1.165) is 24.7 Å². The van der Waals surface area contributed by atoms with Crippen LogP contribution in [0.2, 0.25) is 0 Å². The molecule has 3 rings (SSSR count). The molecule has 1 aromatic heterocycles. The number of aliphatic imine (C=N–C) groups is 1. The molecule has 0 fully saturated rings. The molecule has 0 radical (unpaired) electrons. The average molecular weight is 471 g/mol. The van der Waals surface area contributed by atoms with Crippen molar-refractivity contribution in [1.29, 1.82) is 0 Å². The maximum Gasteiger partial charge on any atom is 0.192 e. The molecule has 0 spiro atoms. The van der Waals surface area contributed by atoms with Crippen molar-refractivity contribution in [2.45, 2.75) is 45.4 Å². The van der Waals surface area contributed by atoms with E-state index in [1.165, 1.54) is 11.1 Å². The van der Waals surface area contributed by atoms with E-state index in [4.69, 9.17) is 9.73 Å². The number of benzene rings is 1. The molecule has 0 aliphatic carbocycles. The number of hydrogen-bond acceptors (Lipinski definition) is 3. The van der Waals surface area contributed by atoms with Crippen molar-refractivity contribution in [1.82, 2.24) is 10.6 Å². The van der Waals surface area contributed by atoms with Gasteiger partial charge in [0.25, 0.3) is 0 Å². The first-order valence-corrected chi connectivity index (χ1v) is 9.35. The number of nitrogens with one attached hydrogen (secondary N) is 2. The standard InChI is InChI=1S/C19H25N3OS.HI/c1-4-20-18(21-12-14-9-10-24-13-14)22-16-11-19(2,3)23-17-8-6-5-7-15(16)17;/h5-10,13,16H,4,11-12H2,1-3H3,(H2,20,21,22);1H. The minimum absolute atomic E-state index is 0. The Labute approximate surface area is 171 Å². The van der Waals surface area contributed by atoms with Gasteiger partial charge in [0, 0.05) is 18.5 Å². The number of guanidine groups is 1. The lowest BCUT2D eigenvalue weighted by atomic mass is 9.90. The van der Waals surface area contributed by atoms with Crippen molar-refractivity contribution < 1.29 is 4.74 Å². The smallest absolute Gasteiger partial charge is 0.192 e. The fraction of sp³-hybridized carbons (Fsp3) is 0.421. The Morgan fingerprint density at radius 1 is 1.32 bits per heavy atom. The summed E-state index contributed by atoms with van der Waals surface area (Å²) in [6.07, 6.45) is 0.896. The lowest BCUT2D eigenvalue weighted by Crippen LogP contribution is -2.45. The first-order valence-electron chi connectivity index (χ1n) is 8.41. The van der Waals surface area contributed by atoms with E-state index < -0.39 is 0 Å². The Bertz CT molecular complexity index is 700. The van der Waals surface area contributed by atoms with Gasteiger partial charge < -0.3 is 15.4 Å². The molecule has 0 bridgehead atoms. The molecule has 1 aromatic carbocycles. The van der Waals surface area contributed by atoms with Gasteiger partial charge in [-0.05, 0) is 49.2 Å². The summed E-state index contributed by atoms with van der Waals surface area (Å²) in [6, 6.07) is 10.6. The lowest BCUT2D eigenvalue weighted by Gasteiger charge is -2.38. The van der Waals surface area contributed by atoms with Gasteiger partial charge in [0.15, 0.2) is 5.96 Å². The van der Waals surface area contributed by atoms with Gasteiger partial charge in [0.1, 0.15) is 11.4 Å². The van der Waals surface area contributed by atoms with Crippen LogP contribution in [-0.4, -0.2) is 18.1 Å². The van der Waals surface area contributed by atoms with E-state index in [0.29, 0.717) is 6.54 Å². The highest BCUT2D eigenvalue weighted by molar-refractivity contribution is 14.0.